The summed E-state index contributed by atoms with van der Waals surface area (Å²) in [6.45, 7) is 5.72. The zero-order valence-electron chi connectivity index (χ0n) is 16.4. The highest BCUT2D eigenvalue weighted by molar-refractivity contribution is 5.86. The van der Waals surface area contributed by atoms with Gasteiger partial charge in [-0.2, -0.15) is 5.10 Å². The molecule has 8 heteroatoms. The molecule has 3 heterocycles. The van der Waals surface area contributed by atoms with E-state index in [-0.39, 0.29) is 0 Å². The van der Waals surface area contributed by atoms with E-state index in [1.54, 1.807) is 18.1 Å². The minimum absolute atomic E-state index is 0.717. The van der Waals surface area contributed by atoms with Crippen LogP contribution in [-0.4, -0.2) is 71.1 Å². The maximum atomic E-state index is 5.82. The first kappa shape index (κ1) is 18.5. The lowest BCUT2D eigenvalue weighted by molar-refractivity contribution is 0.224. The van der Waals surface area contributed by atoms with E-state index < -0.39 is 0 Å². The van der Waals surface area contributed by atoms with Crippen molar-refractivity contribution in [2.75, 3.05) is 51.3 Å². The summed E-state index contributed by atoms with van der Waals surface area (Å²) in [4.78, 5) is 13.6. The van der Waals surface area contributed by atoms with Crippen LogP contribution in [0, 0.1) is 0 Å². The van der Waals surface area contributed by atoms with Crippen molar-refractivity contribution in [3.05, 3.63) is 36.8 Å². The third-order valence-electron chi connectivity index (χ3n) is 5.13. The van der Waals surface area contributed by atoms with E-state index in [0.29, 0.717) is 0 Å². The largest absolute Gasteiger partial charge is 0.497 e. The number of ether oxygens (including phenoxy) is 2. The molecule has 0 radical (unpaired) electrons. The van der Waals surface area contributed by atoms with Gasteiger partial charge in [0, 0.05) is 39.8 Å². The Balaban J connectivity index is 1.23. The van der Waals surface area contributed by atoms with E-state index in [1.807, 2.05) is 37.5 Å². The van der Waals surface area contributed by atoms with Crippen LogP contribution in [0.25, 0.3) is 11.0 Å². The minimum Gasteiger partial charge on any atom is -0.497 e. The number of rotatable bonds is 7. The molecule has 1 aromatic carbocycles. The van der Waals surface area contributed by atoms with Gasteiger partial charge >= 0.3 is 0 Å². The highest BCUT2D eigenvalue weighted by atomic mass is 16.5. The molecule has 148 valence electrons. The summed E-state index contributed by atoms with van der Waals surface area (Å²) >= 11 is 0. The van der Waals surface area contributed by atoms with Crippen LogP contribution < -0.4 is 14.4 Å². The molecule has 0 unspecified atom stereocenters. The van der Waals surface area contributed by atoms with Gasteiger partial charge in [0.1, 0.15) is 23.6 Å². The molecule has 0 aliphatic carbocycles. The standard InChI is InChI=1S/C20H26N6O2/c1-24-19-18(14-23-24)20(22-15-21-19)26-11-9-25(10-12-26)8-3-13-28-17-6-4-16(27-2)5-7-17/h4-7,14-15H,3,8-13H2,1-2H3. The van der Waals surface area contributed by atoms with Crippen molar-refractivity contribution in [1.82, 2.24) is 24.6 Å². The maximum absolute atomic E-state index is 5.82. The third-order valence-corrected chi connectivity index (χ3v) is 5.13. The molecule has 28 heavy (non-hydrogen) atoms. The van der Waals surface area contributed by atoms with Gasteiger partial charge < -0.3 is 14.4 Å². The molecule has 0 saturated carbocycles. The van der Waals surface area contributed by atoms with Crippen LogP contribution in [0.3, 0.4) is 0 Å². The molecule has 1 aliphatic heterocycles. The molecular weight excluding hydrogens is 356 g/mol. The lowest BCUT2D eigenvalue weighted by Crippen LogP contribution is -2.47. The first-order valence-corrected chi connectivity index (χ1v) is 9.61. The molecule has 4 rings (SSSR count). The number of piperazine rings is 1. The van der Waals surface area contributed by atoms with Gasteiger partial charge in [-0.3, -0.25) is 9.58 Å². The zero-order valence-corrected chi connectivity index (χ0v) is 16.4. The second-order valence-electron chi connectivity index (χ2n) is 6.91. The Bertz CT molecular complexity index is 903. The summed E-state index contributed by atoms with van der Waals surface area (Å²) in [6, 6.07) is 7.72. The van der Waals surface area contributed by atoms with Gasteiger partial charge in [-0.25, -0.2) is 9.97 Å². The number of aromatic nitrogens is 4. The van der Waals surface area contributed by atoms with Gasteiger partial charge in [0.2, 0.25) is 0 Å². The average Bonchev–Trinajstić information content (AvgIpc) is 3.13. The topological polar surface area (TPSA) is 68.5 Å². The molecule has 8 nitrogen and oxygen atoms in total. The van der Waals surface area contributed by atoms with E-state index in [4.69, 9.17) is 9.47 Å². The summed E-state index contributed by atoms with van der Waals surface area (Å²) in [5.41, 5.74) is 0.878. The summed E-state index contributed by atoms with van der Waals surface area (Å²) < 4.78 is 12.8. The van der Waals surface area contributed by atoms with Crippen molar-refractivity contribution >= 4 is 16.9 Å². The van der Waals surface area contributed by atoms with Crippen LogP contribution >= 0.6 is 0 Å². The lowest BCUT2D eigenvalue weighted by Gasteiger charge is -2.35. The highest BCUT2D eigenvalue weighted by Crippen LogP contribution is 2.23. The number of anilines is 1. The number of hydrogen-bond acceptors (Lipinski definition) is 7. The molecule has 1 fully saturated rings. The molecule has 2 aromatic heterocycles. The van der Waals surface area contributed by atoms with E-state index in [9.17, 15) is 0 Å². The smallest absolute Gasteiger partial charge is 0.163 e. The molecule has 1 aliphatic rings. The second-order valence-corrected chi connectivity index (χ2v) is 6.91. The molecular formula is C20H26N6O2. The Morgan fingerprint density at radius 1 is 1.00 bits per heavy atom. The predicted octanol–water partition coefficient (Wildman–Crippen LogP) is 1.96. The minimum atomic E-state index is 0.717. The fourth-order valence-corrected chi connectivity index (χ4v) is 3.54. The molecule has 0 atom stereocenters. The van der Waals surface area contributed by atoms with E-state index in [2.05, 4.69) is 24.9 Å². The Morgan fingerprint density at radius 3 is 2.50 bits per heavy atom. The summed E-state index contributed by atoms with van der Waals surface area (Å²) in [7, 11) is 3.57. The Kier molecular flexibility index (Phi) is 5.57. The summed E-state index contributed by atoms with van der Waals surface area (Å²) in [5, 5.41) is 5.33. The quantitative estimate of drug-likeness (QED) is 0.579. The van der Waals surface area contributed by atoms with Gasteiger partial charge in [0.25, 0.3) is 0 Å². The third kappa shape index (κ3) is 4.01. The molecule has 0 amide bonds. The van der Waals surface area contributed by atoms with Gasteiger partial charge in [0.15, 0.2) is 5.65 Å². The van der Waals surface area contributed by atoms with E-state index in [1.165, 1.54) is 0 Å². The normalized spacial score (nSPS) is 15.1. The van der Waals surface area contributed by atoms with Crippen LogP contribution in [-0.2, 0) is 7.05 Å². The van der Waals surface area contributed by atoms with Crippen molar-refractivity contribution in [3.63, 3.8) is 0 Å². The number of aryl methyl sites for hydroxylation is 1. The lowest BCUT2D eigenvalue weighted by atomic mass is 10.2. The van der Waals surface area contributed by atoms with E-state index >= 15 is 0 Å². The molecule has 0 bridgehead atoms. The van der Waals surface area contributed by atoms with Gasteiger partial charge in [-0.05, 0) is 30.7 Å². The van der Waals surface area contributed by atoms with Crippen LogP contribution in [0.15, 0.2) is 36.8 Å². The van der Waals surface area contributed by atoms with Gasteiger partial charge in [-0.15, -0.1) is 0 Å². The Labute approximate surface area is 164 Å². The van der Waals surface area contributed by atoms with Crippen LogP contribution in [0.4, 0.5) is 5.82 Å². The summed E-state index contributed by atoms with van der Waals surface area (Å²) in [6.07, 6.45) is 4.49. The van der Waals surface area contributed by atoms with Crippen LogP contribution in [0.5, 0.6) is 11.5 Å². The number of benzene rings is 1. The maximum Gasteiger partial charge on any atom is 0.163 e. The predicted molar refractivity (Wildman–Crippen MR) is 108 cm³/mol. The number of fused-ring (bicyclic) bond motifs is 1. The SMILES string of the molecule is COc1ccc(OCCCN2CCN(c3ncnc4c3cnn4C)CC2)cc1. The average molecular weight is 382 g/mol. The molecule has 3 aromatic rings. The zero-order chi connectivity index (χ0) is 19.3. The first-order chi connectivity index (χ1) is 13.7. The van der Waals surface area contributed by atoms with E-state index in [0.717, 1.165) is 74.1 Å². The van der Waals surface area contributed by atoms with Crippen LogP contribution in [0.1, 0.15) is 6.42 Å². The monoisotopic (exact) mass is 382 g/mol. The fourth-order valence-electron chi connectivity index (χ4n) is 3.54. The van der Waals surface area contributed by atoms with Gasteiger partial charge in [0.05, 0.1) is 25.3 Å². The molecule has 0 spiro atoms. The second kappa shape index (κ2) is 8.43. The van der Waals surface area contributed by atoms with Crippen molar-refractivity contribution in [3.8, 4) is 11.5 Å². The van der Waals surface area contributed by atoms with Crippen molar-refractivity contribution in [2.45, 2.75) is 6.42 Å². The molecule has 0 N–H and O–H groups in total. The van der Waals surface area contributed by atoms with Crippen molar-refractivity contribution < 1.29 is 9.47 Å². The highest BCUT2D eigenvalue weighted by Gasteiger charge is 2.20. The molecule has 1 saturated heterocycles. The first-order valence-electron chi connectivity index (χ1n) is 9.61. The number of methoxy groups -OCH3 is 1. The van der Waals surface area contributed by atoms with Crippen molar-refractivity contribution in [2.24, 2.45) is 7.05 Å². The summed E-state index contributed by atoms with van der Waals surface area (Å²) in [5.74, 6) is 2.72. The fraction of sp³-hybridized carbons (Fsp3) is 0.450. The van der Waals surface area contributed by atoms with Crippen molar-refractivity contribution in [1.29, 1.82) is 0 Å². The Morgan fingerprint density at radius 2 is 1.75 bits per heavy atom. The Hall–Kier alpha value is -2.87. The number of hydrogen-bond donors (Lipinski definition) is 0. The number of nitrogens with zero attached hydrogens (tertiary/aromatic N) is 6. The van der Waals surface area contributed by atoms with Crippen LogP contribution in [0.2, 0.25) is 0 Å². The van der Waals surface area contributed by atoms with Gasteiger partial charge in [-0.1, -0.05) is 0 Å².